The van der Waals surface area contributed by atoms with E-state index in [0.29, 0.717) is 18.5 Å². The Morgan fingerprint density at radius 2 is 1.93 bits per heavy atom. The first-order valence-electron chi connectivity index (χ1n) is 5.18. The second kappa shape index (κ2) is 5.21. The molecule has 0 aromatic heterocycles. The number of rotatable bonds is 4. The van der Waals surface area contributed by atoms with E-state index in [2.05, 4.69) is 5.32 Å². The van der Waals surface area contributed by atoms with E-state index in [1.165, 1.54) is 6.07 Å². The van der Waals surface area contributed by atoms with Crippen molar-refractivity contribution in [3.8, 4) is 0 Å². The summed E-state index contributed by atoms with van der Waals surface area (Å²) in [4.78, 5) is 0. The maximum atomic E-state index is 13.4. The molecule has 0 amide bonds. The lowest BCUT2D eigenvalue weighted by molar-refractivity contribution is 0.495. The lowest BCUT2D eigenvalue weighted by Crippen LogP contribution is -2.12. The summed E-state index contributed by atoms with van der Waals surface area (Å²) >= 11 is 0. The number of hydrogen-bond donors (Lipinski definition) is 1. The molecule has 0 heterocycles. The molecule has 0 saturated heterocycles. The number of hydrogen-bond acceptors (Lipinski definition) is 1. The van der Waals surface area contributed by atoms with Gasteiger partial charge in [-0.25, -0.2) is 8.78 Å². The second-order valence-corrected chi connectivity index (χ2v) is 3.98. The smallest absolute Gasteiger partial charge is 0.162 e. The zero-order chi connectivity index (χ0) is 11.4. The van der Waals surface area contributed by atoms with Gasteiger partial charge >= 0.3 is 0 Å². The first-order valence-corrected chi connectivity index (χ1v) is 5.18. The fourth-order valence-corrected chi connectivity index (χ4v) is 1.44. The van der Waals surface area contributed by atoms with E-state index in [-0.39, 0.29) is 5.92 Å². The summed E-state index contributed by atoms with van der Waals surface area (Å²) < 4.78 is 26.6. The third-order valence-corrected chi connectivity index (χ3v) is 2.44. The Balaban J connectivity index is 3.02. The molecule has 0 bridgehead atoms. The molecule has 1 aromatic rings. The molecular formula is C12H17F2N. The van der Waals surface area contributed by atoms with Gasteiger partial charge in [0.1, 0.15) is 0 Å². The molecule has 0 unspecified atom stereocenters. The summed E-state index contributed by atoms with van der Waals surface area (Å²) in [5.74, 6) is -1.24. The number of benzene rings is 1. The topological polar surface area (TPSA) is 12.0 Å². The maximum Gasteiger partial charge on any atom is 0.162 e. The highest BCUT2D eigenvalue weighted by atomic mass is 19.2. The van der Waals surface area contributed by atoms with E-state index in [1.807, 2.05) is 13.8 Å². The van der Waals surface area contributed by atoms with Crippen molar-refractivity contribution < 1.29 is 8.78 Å². The van der Waals surface area contributed by atoms with Crippen molar-refractivity contribution in [2.45, 2.75) is 26.2 Å². The van der Waals surface area contributed by atoms with Gasteiger partial charge < -0.3 is 5.32 Å². The molecule has 0 spiro atoms. The standard InChI is InChI=1S/C12H17F2N/c1-8(2)10-6-9(4-5-15-3)12(14)11(13)7-10/h6-8,15H,4-5H2,1-3H3. The molecule has 0 fully saturated rings. The molecular weight excluding hydrogens is 196 g/mol. The van der Waals surface area contributed by atoms with Crippen LogP contribution in [0.4, 0.5) is 8.78 Å². The summed E-state index contributed by atoms with van der Waals surface area (Å²) in [6.07, 6.45) is 0.514. The van der Waals surface area contributed by atoms with Crippen LogP contribution in [0.5, 0.6) is 0 Å². The van der Waals surface area contributed by atoms with Crippen molar-refractivity contribution in [3.63, 3.8) is 0 Å². The third-order valence-electron chi connectivity index (χ3n) is 2.44. The van der Waals surface area contributed by atoms with Gasteiger partial charge in [0.15, 0.2) is 11.6 Å². The molecule has 3 heteroatoms. The van der Waals surface area contributed by atoms with Crippen molar-refractivity contribution in [3.05, 3.63) is 34.9 Å². The highest BCUT2D eigenvalue weighted by Crippen LogP contribution is 2.21. The van der Waals surface area contributed by atoms with Gasteiger partial charge in [0.25, 0.3) is 0 Å². The van der Waals surface area contributed by atoms with E-state index in [1.54, 1.807) is 13.1 Å². The van der Waals surface area contributed by atoms with Crippen molar-refractivity contribution in [1.29, 1.82) is 0 Å². The maximum absolute atomic E-state index is 13.4. The Morgan fingerprint density at radius 1 is 1.27 bits per heavy atom. The molecule has 1 rings (SSSR count). The average molecular weight is 213 g/mol. The van der Waals surface area contributed by atoms with Crippen LogP contribution in [0, 0.1) is 11.6 Å². The van der Waals surface area contributed by atoms with E-state index in [9.17, 15) is 8.78 Å². The summed E-state index contributed by atoms with van der Waals surface area (Å²) in [5, 5.41) is 2.92. The summed E-state index contributed by atoms with van der Waals surface area (Å²) in [5.41, 5.74) is 1.30. The number of likely N-dealkylation sites (N-methyl/N-ethyl adjacent to an activating group) is 1. The van der Waals surface area contributed by atoms with Crippen LogP contribution >= 0.6 is 0 Å². The minimum absolute atomic E-state index is 0.216. The molecule has 1 aromatic carbocycles. The zero-order valence-corrected chi connectivity index (χ0v) is 9.40. The Hall–Kier alpha value is -0.960. The molecule has 0 saturated carbocycles. The van der Waals surface area contributed by atoms with Gasteiger partial charge in [0, 0.05) is 0 Å². The van der Waals surface area contributed by atoms with E-state index in [4.69, 9.17) is 0 Å². The molecule has 1 N–H and O–H groups in total. The van der Waals surface area contributed by atoms with Crippen molar-refractivity contribution >= 4 is 0 Å². The quantitative estimate of drug-likeness (QED) is 0.811. The molecule has 0 aliphatic heterocycles. The van der Waals surface area contributed by atoms with Gasteiger partial charge in [-0.3, -0.25) is 0 Å². The van der Waals surface area contributed by atoms with E-state index in [0.717, 1.165) is 5.56 Å². The monoisotopic (exact) mass is 213 g/mol. The van der Waals surface area contributed by atoms with Crippen molar-refractivity contribution in [2.24, 2.45) is 0 Å². The Morgan fingerprint density at radius 3 is 2.47 bits per heavy atom. The predicted molar refractivity (Wildman–Crippen MR) is 58.1 cm³/mol. The first kappa shape index (κ1) is 12.1. The Labute approximate surface area is 89.5 Å². The average Bonchev–Trinajstić information content (AvgIpc) is 2.19. The van der Waals surface area contributed by atoms with Gasteiger partial charge in [0.05, 0.1) is 0 Å². The minimum atomic E-state index is -0.743. The minimum Gasteiger partial charge on any atom is -0.319 e. The first-order chi connectivity index (χ1) is 7.06. The van der Waals surface area contributed by atoms with Crippen LogP contribution in [0.1, 0.15) is 30.9 Å². The van der Waals surface area contributed by atoms with Crippen LogP contribution in [0.25, 0.3) is 0 Å². The molecule has 0 aliphatic carbocycles. The fourth-order valence-electron chi connectivity index (χ4n) is 1.44. The molecule has 0 radical (unpaired) electrons. The molecule has 0 aliphatic rings. The molecule has 1 nitrogen and oxygen atoms in total. The van der Waals surface area contributed by atoms with Gasteiger partial charge in [-0.05, 0) is 43.1 Å². The normalized spacial score (nSPS) is 11.1. The fraction of sp³-hybridized carbons (Fsp3) is 0.500. The summed E-state index contributed by atoms with van der Waals surface area (Å²) in [7, 11) is 1.79. The second-order valence-electron chi connectivity index (χ2n) is 3.98. The van der Waals surface area contributed by atoms with Gasteiger partial charge in [0.2, 0.25) is 0 Å². The van der Waals surface area contributed by atoms with Gasteiger partial charge in [-0.15, -0.1) is 0 Å². The van der Waals surface area contributed by atoms with Crippen molar-refractivity contribution in [1.82, 2.24) is 5.32 Å². The third kappa shape index (κ3) is 2.99. The van der Waals surface area contributed by atoms with Crippen LogP contribution in [0.15, 0.2) is 12.1 Å². The van der Waals surface area contributed by atoms with E-state index < -0.39 is 11.6 Å². The number of halogens is 2. The predicted octanol–water partition coefficient (Wildman–Crippen LogP) is 2.85. The highest BCUT2D eigenvalue weighted by Gasteiger charge is 2.11. The lowest BCUT2D eigenvalue weighted by atomic mass is 9.99. The van der Waals surface area contributed by atoms with E-state index >= 15 is 0 Å². The van der Waals surface area contributed by atoms with Crippen LogP contribution < -0.4 is 5.32 Å². The molecule has 0 atom stereocenters. The molecule has 84 valence electrons. The van der Waals surface area contributed by atoms with Crippen LogP contribution in [0.2, 0.25) is 0 Å². The number of nitrogens with one attached hydrogen (secondary N) is 1. The zero-order valence-electron chi connectivity index (χ0n) is 9.40. The van der Waals surface area contributed by atoms with Crippen LogP contribution in [-0.4, -0.2) is 13.6 Å². The Kier molecular flexibility index (Phi) is 4.21. The van der Waals surface area contributed by atoms with Gasteiger partial charge in [-0.2, -0.15) is 0 Å². The SMILES string of the molecule is CNCCc1cc(C(C)C)cc(F)c1F. The largest absolute Gasteiger partial charge is 0.319 e. The summed E-state index contributed by atoms with van der Waals surface area (Å²) in [6.45, 7) is 4.58. The highest BCUT2D eigenvalue weighted by molar-refractivity contribution is 5.28. The molecule has 15 heavy (non-hydrogen) atoms. The van der Waals surface area contributed by atoms with Crippen molar-refractivity contribution in [2.75, 3.05) is 13.6 Å². The summed E-state index contributed by atoms with van der Waals surface area (Å²) in [6, 6.07) is 3.03. The Bertz CT molecular complexity index is 335. The lowest BCUT2D eigenvalue weighted by Gasteiger charge is -2.10. The van der Waals surface area contributed by atoms with Crippen LogP contribution in [0.3, 0.4) is 0 Å². The van der Waals surface area contributed by atoms with Crippen LogP contribution in [-0.2, 0) is 6.42 Å². The van der Waals surface area contributed by atoms with Gasteiger partial charge in [-0.1, -0.05) is 19.9 Å².